The van der Waals surface area contributed by atoms with Crippen LogP contribution in [-0.2, 0) is 6.54 Å². The monoisotopic (exact) mass is 232 g/mol. The first-order chi connectivity index (χ1) is 8.29. The third-order valence-corrected chi connectivity index (χ3v) is 2.75. The van der Waals surface area contributed by atoms with Gasteiger partial charge in [-0.1, -0.05) is 18.6 Å². The number of aryl methyl sites for hydroxylation is 1. The molecule has 0 unspecified atom stereocenters. The Morgan fingerprint density at radius 3 is 2.76 bits per heavy atom. The van der Waals surface area contributed by atoms with E-state index in [1.54, 1.807) is 0 Å². The maximum Gasteiger partial charge on any atom is 0.134 e. The summed E-state index contributed by atoms with van der Waals surface area (Å²) in [6.45, 7) is 7.98. The molecular formula is C14H20N2O. The number of nitrogens with one attached hydrogen (secondary N) is 2. The van der Waals surface area contributed by atoms with Gasteiger partial charge >= 0.3 is 0 Å². The minimum atomic E-state index is 0.791. The topological polar surface area (TPSA) is 37.2 Å². The highest BCUT2D eigenvalue weighted by atomic mass is 16.3. The van der Waals surface area contributed by atoms with E-state index in [2.05, 4.69) is 42.7 Å². The summed E-state index contributed by atoms with van der Waals surface area (Å²) in [4.78, 5) is 0. The minimum absolute atomic E-state index is 0.791. The molecule has 92 valence electrons. The first kappa shape index (κ1) is 12.1. The highest BCUT2D eigenvalue weighted by molar-refractivity contribution is 5.78. The Morgan fingerprint density at radius 2 is 1.94 bits per heavy atom. The van der Waals surface area contributed by atoms with Crippen molar-refractivity contribution in [3.8, 4) is 0 Å². The summed E-state index contributed by atoms with van der Waals surface area (Å²) in [5.41, 5.74) is 2.24. The Bertz CT molecular complexity index is 476. The predicted molar refractivity (Wildman–Crippen MR) is 71.2 cm³/mol. The number of rotatable bonds is 6. The van der Waals surface area contributed by atoms with Crippen LogP contribution in [0.25, 0.3) is 11.0 Å². The van der Waals surface area contributed by atoms with Gasteiger partial charge in [0.1, 0.15) is 11.3 Å². The molecule has 0 radical (unpaired) electrons. The Kier molecular flexibility index (Phi) is 4.18. The summed E-state index contributed by atoms with van der Waals surface area (Å²) >= 11 is 0. The fourth-order valence-electron chi connectivity index (χ4n) is 1.87. The SMILES string of the molecule is CCNCCNCc1cc2cc(C)ccc2o1. The molecule has 1 heterocycles. The maximum absolute atomic E-state index is 5.75. The van der Waals surface area contributed by atoms with Gasteiger partial charge in [0.25, 0.3) is 0 Å². The molecule has 3 heteroatoms. The lowest BCUT2D eigenvalue weighted by atomic mass is 10.2. The fourth-order valence-corrected chi connectivity index (χ4v) is 1.87. The van der Waals surface area contributed by atoms with Crippen LogP contribution in [0.1, 0.15) is 18.2 Å². The summed E-state index contributed by atoms with van der Waals surface area (Å²) in [7, 11) is 0. The van der Waals surface area contributed by atoms with Crippen LogP contribution < -0.4 is 10.6 Å². The van der Waals surface area contributed by atoms with Gasteiger partial charge < -0.3 is 15.1 Å². The predicted octanol–water partition coefficient (Wildman–Crippen LogP) is 2.44. The van der Waals surface area contributed by atoms with Crippen molar-refractivity contribution >= 4 is 11.0 Å². The fraction of sp³-hybridized carbons (Fsp3) is 0.429. The van der Waals surface area contributed by atoms with Crippen LogP contribution in [0, 0.1) is 6.92 Å². The van der Waals surface area contributed by atoms with Crippen LogP contribution in [0.2, 0.25) is 0 Å². The molecule has 2 N–H and O–H groups in total. The standard InChI is InChI=1S/C14H20N2O/c1-3-15-6-7-16-10-13-9-12-8-11(2)4-5-14(12)17-13/h4-5,8-9,15-16H,3,6-7,10H2,1-2H3. The summed E-state index contributed by atoms with van der Waals surface area (Å²) in [5.74, 6) is 1.00. The molecule has 0 amide bonds. The number of furan rings is 1. The van der Waals surface area contributed by atoms with Crippen LogP contribution >= 0.6 is 0 Å². The Hall–Kier alpha value is -1.32. The second kappa shape index (κ2) is 5.84. The van der Waals surface area contributed by atoms with Gasteiger partial charge in [-0.05, 0) is 31.7 Å². The van der Waals surface area contributed by atoms with Crippen molar-refractivity contribution in [2.75, 3.05) is 19.6 Å². The van der Waals surface area contributed by atoms with Crippen molar-refractivity contribution in [2.45, 2.75) is 20.4 Å². The van der Waals surface area contributed by atoms with Crippen LogP contribution in [0.4, 0.5) is 0 Å². The van der Waals surface area contributed by atoms with Crippen LogP contribution in [0.15, 0.2) is 28.7 Å². The van der Waals surface area contributed by atoms with Crippen molar-refractivity contribution in [1.82, 2.24) is 10.6 Å². The normalized spacial score (nSPS) is 11.2. The molecule has 0 aliphatic heterocycles. The molecule has 0 saturated carbocycles. The molecule has 17 heavy (non-hydrogen) atoms. The molecule has 0 fully saturated rings. The molecule has 1 aromatic carbocycles. The molecule has 0 bridgehead atoms. The third-order valence-electron chi connectivity index (χ3n) is 2.75. The molecule has 0 aliphatic rings. The Labute approximate surface area is 102 Å². The van der Waals surface area contributed by atoms with Gasteiger partial charge in [0.2, 0.25) is 0 Å². The Balaban J connectivity index is 1.91. The zero-order valence-corrected chi connectivity index (χ0v) is 10.5. The van der Waals surface area contributed by atoms with Crippen molar-refractivity contribution in [2.24, 2.45) is 0 Å². The van der Waals surface area contributed by atoms with Gasteiger partial charge in [0, 0.05) is 18.5 Å². The van der Waals surface area contributed by atoms with E-state index in [0.29, 0.717) is 0 Å². The quantitative estimate of drug-likeness (QED) is 0.751. The van der Waals surface area contributed by atoms with E-state index in [1.165, 1.54) is 10.9 Å². The van der Waals surface area contributed by atoms with E-state index in [4.69, 9.17) is 4.42 Å². The van der Waals surface area contributed by atoms with Gasteiger partial charge in [-0.3, -0.25) is 0 Å². The molecule has 3 nitrogen and oxygen atoms in total. The first-order valence-corrected chi connectivity index (χ1v) is 6.20. The van der Waals surface area contributed by atoms with Crippen molar-refractivity contribution in [3.05, 3.63) is 35.6 Å². The third kappa shape index (κ3) is 3.32. The second-order valence-electron chi connectivity index (χ2n) is 4.28. The van der Waals surface area contributed by atoms with E-state index >= 15 is 0 Å². The van der Waals surface area contributed by atoms with Crippen molar-refractivity contribution in [1.29, 1.82) is 0 Å². The van der Waals surface area contributed by atoms with Crippen molar-refractivity contribution < 1.29 is 4.42 Å². The highest BCUT2D eigenvalue weighted by Gasteiger charge is 2.02. The largest absolute Gasteiger partial charge is 0.460 e. The number of hydrogen-bond donors (Lipinski definition) is 2. The van der Waals surface area contributed by atoms with E-state index in [9.17, 15) is 0 Å². The number of fused-ring (bicyclic) bond motifs is 1. The van der Waals surface area contributed by atoms with E-state index in [0.717, 1.165) is 37.5 Å². The van der Waals surface area contributed by atoms with Crippen molar-refractivity contribution in [3.63, 3.8) is 0 Å². The summed E-state index contributed by atoms with van der Waals surface area (Å²) in [6.07, 6.45) is 0. The van der Waals surface area contributed by atoms with Crippen LogP contribution in [0.3, 0.4) is 0 Å². The first-order valence-electron chi connectivity index (χ1n) is 6.20. The lowest BCUT2D eigenvalue weighted by Crippen LogP contribution is -2.26. The lowest BCUT2D eigenvalue weighted by molar-refractivity contribution is 0.509. The van der Waals surface area contributed by atoms with E-state index in [-0.39, 0.29) is 0 Å². The Morgan fingerprint density at radius 1 is 1.12 bits per heavy atom. The zero-order valence-electron chi connectivity index (χ0n) is 10.5. The van der Waals surface area contributed by atoms with Crippen LogP contribution in [0.5, 0.6) is 0 Å². The molecule has 0 atom stereocenters. The van der Waals surface area contributed by atoms with Gasteiger partial charge in [-0.25, -0.2) is 0 Å². The van der Waals surface area contributed by atoms with Gasteiger partial charge in [-0.15, -0.1) is 0 Å². The number of benzene rings is 1. The molecule has 0 aliphatic carbocycles. The molecular weight excluding hydrogens is 212 g/mol. The van der Waals surface area contributed by atoms with Gasteiger partial charge in [0.05, 0.1) is 6.54 Å². The van der Waals surface area contributed by atoms with E-state index in [1.807, 2.05) is 6.07 Å². The zero-order chi connectivity index (χ0) is 12.1. The molecule has 2 aromatic rings. The smallest absolute Gasteiger partial charge is 0.134 e. The van der Waals surface area contributed by atoms with Crippen LogP contribution in [-0.4, -0.2) is 19.6 Å². The molecule has 1 aromatic heterocycles. The van der Waals surface area contributed by atoms with Gasteiger partial charge in [0.15, 0.2) is 0 Å². The maximum atomic E-state index is 5.75. The van der Waals surface area contributed by atoms with Gasteiger partial charge in [-0.2, -0.15) is 0 Å². The number of hydrogen-bond acceptors (Lipinski definition) is 3. The summed E-state index contributed by atoms with van der Waals surface area (Å²) < 4.78 is 5.75. The summed E-state index contributed by atoms with van der Waals surface area (Å²) in [6, 6.07) is 8.38. The van der Waals surface area contributed by atoms with E-state index < -0.39 is 0 Å². The second-order valence-corrected chi connectivity index (χ2v) is 4.28. The summed E-state index contributed by atoms with van der Waals surface area (Å²) in [5, 5.41) is 7.82. The average Bonchev–Trinajstić information content (AvgIpc) is 2.70. The molecule has 2 rings (SSSR count). The molecule has 0 spiro atoms. The molecule has 0 saturated heterocycles. The minimum Gasteiger partial charge on any atom is -0.460 e. The lowest BCUT2D eigenvalue weighted by Gasteiger charge is -2.02. The highest BCUT2D eigenvalue weighted by Crippen LogP contribution is 2.20. The average molecular weight is 232 g/mol. The number of likely N-dealkylation sites (N-methyl/N-ethyl adjacent to an activating group) is 1.